The summed E-state index contributed by atoms with van der Waals surface area (Å²) in [4.78, 5) is 1.66. The molecule has 51 heavy (non-hydrogen) atoms. The third kappa shape index (κ3) is 7.69. The van der Waals surface area contributed by atoms with Gasteiger partial charge in [0, 0.05) is 30.7 Å². The fourth-order valence-corrected chi connectivity index (χ4v) is 8.99. The standard InChI is InChI=1S/C41H40F6N2S2/c1-3-5-7-9-11-13-33-31(23-35(50-33)29-19-15-27(25-48)16-20-29)37-38(40(44,45)41(46,47)39(37,42)43)32-24-36(30-21-17-28(26-49)18-22-30)51-34(32)14-12-10-8-6-4-2/h15-24H,3-14H2,1-2H3. The minimum atomic E-state index is -5.67. The molecule has 0 saturated heterocycles. The molecule has 5 rings (SSSR count). The first-order chi connectivity index (χ1) is 24.4. The van der Waals surface area contributed by atoms with Crippen LogP contribution < -0.4 is 0 Å². The van der Waals surface area contributed by atoms with Gasteiger partial charge in [-0.05, 0) is 84.3 Å². The molecule has 2 nitrogen and oxygen atoms in total. The number of hydrogen-bond acceptors (Lipinski definition) is 4. The minimum Gasteiger partial charge on any atom is -0.194 e. The summed E-state index contributed by atoms with van der Waals surface area (Å²) < 4.78 is 96.4. The first-order valence-electron chi connectivity index (χ1n) is 17.6. The third-order valence-corrected chi connectivity index (χ3v) is 11.9. The van der Waals surface area contributed by atoms with Crippen molar-refractivity contribution in [1.82, 2.24) is 0 Å². The number of unbranched alkanes of at least 4 members (excludes halogenated alkanes) is 8. The Morgan fingerprint density at radius 2 is 0.882 bits per heavy atom. The highest BCUT2D eigenvalue weighted by Gasteiger charge is 2.80. The van der Waals surface area contributed by atoms with Crippen LogP contribution in [0.4, 0.5) is 26.3 Å². The lowest BCUT2D eigenvalue weighted by atomic mass is 9.92. The van der Waals surface area contributed by atoms with Gasteiger partial charge in [0.2, 0.25) is 0 Å². The van der Waals surface area contributed by atoms with E-state index in [0.29, 0.717) is 54.6 Å². The van der Waals surface area contributed by atoms with Crippen molar-refractivity contribution >= 4 is 33.8 Å². The molecule has 268 valence electrons. The Hall–Kier alpha value is -3.86. The molecule has 0 amide bonds. The molecule has 0 aliphatic heterocycles. The van der Waals surface area contributed by atoms with Gasteiger partial charge >= 0.3 is 17.8 Å². The van der Waals surface area contributed by atoms with Crippen LogP contribution in [-0.4, -0.2) is 17.8 Å². The molecule has 0 saturated carbocycles. The van der Waals surface area contributed by atoms with Crippen LogP contribution in [0.25, 0.3) is 32.0 Å². The molecule has 1 aliphatic rings. The van der Waals surface area contributed by atoms with Crippen LogP contribution >= 0.6 is 22.7 Å². The van der Waals surface area contributed by atoms with E-state index in [2.05, 4.69) is 13.8 Å². The smallest absolute Gasteiger partial charge is 0.194 e. The van der Waals surface area contributed by atoms with Crippen LogP contribution in [0.1, 0.15) is 110 Å². The fraction of sp³-hybridized carbons (Fsp3) is 0.415. The highest BCUT2D eigenvalue weighted by molar-refractivity contribution is 7.16. The number of alkyl halides is 6. The molecule has 1 aliphatic carbocycles. The van der Waals surface area contributed by atoms with Crippen molar-refractivity contribution in [2.45, 2.75) is 109 Å². The van der Waals surface area contributed by atoms with Crippen molar-refractivity contribution in [3.63, 3.8) is 0 Å². The summed E-state index contributed by atoms with van der Waals surface area (Å²) in [6.07, 6.45) is 9.07. The van der Waals surface area contributed by atoms with Gasteiger partial charge in [-0.1, -0.05) is 89.5 Å². The molecule has 0 fully saturated rings. The number of nitrogens with zero attached hydrogens (tertiary/aromatic N) is 2. The van der Waals surface area contributed by atoms with Crippen molar-refractivity contribution < 1.29 is 26.3 Å². The second kappa shape index (κ2) is 16.2. The van der Waals surface area contributed by atoms with Crippen molar-refractivity contribution in [3.05, 3.63) is 92.7 Å². The molecule has 0 radical (unpaired) electrons. The topological polar surface area (TPSA) is 47.6 Å². The first-order valence-corrected chi connectivity index (χ1v) is 19.2. The number of aryl methyl sites for hydroxylation is 2. The summed E-state index contributed by atoms with van der Waals surface area (Å²) in [6.45, 7) is 4.13. The highest BCUT2D eigenvalue weighted by Crippen LogP contribution is 2.66. The zero-order chi connectivity index (χ0) is 36.8. The quantitative estimate of drug-likeness (QED) is 0.0849. The van der Waals surface area contributed by atoms with Crippen LogP contribution in [0.3, 0.4) is 0 Å². The maximum Gasteiger partial charge on any atom is 0.380 e. The number of nitriles is 2. The zero-order valence-electron chi connectivity index (χ0n) is 28.7. The highest BCUT2D eigenvalue weighted by atomic mass is 32.1. The number of hydrogen-bond donors (Lipinski definition) is 0. The van der Waals surface area contributed by atoms with E-state index in [9.17, 15) is 10.5 Å². The van der Waals surface area contributed by atoms with Gasteiger partial charge < -0.3 is 0 Å². The van der Waals surface area contributed by atoms with Crippen LogP contribution in [0.2, 0.25) is 0 Å². The molecular weight excluding hydrogens is 699 g/mol. The molecular formula is C41H40F6N2S2. The lowest BCUT2D eigenvalue weighted by Crippen LogP contribution is -2.49. The van der Waals surface area contributed by atoms with E-state index in [4.69, 9.17) is 0 Å². The zero-order valence-corrected chi connectivity index (χ0v) is 30.4. The van der Waals surface area contributed by atoms with Crippen molar-refractivity contribution in [1.29, 1.82) is 10.5 Å². The fourth-order valence-electron chi connectivity index (χ4n) is 6.57. The van der Waals surface area contributed by atoms with Gasteiger partial charge in [0.15, 0.2) is 0 Å². The molecule has 0 N–H and O–H groups in total. The third-order valence-electron chi connectivity index (χ3n) is 9.44. The Balaban J connectivity index is 1.73. The largest absolute Gasteiger partial charge is 0.380 e. The van der Waals surface area contributed by atoms with Crippen LogP contribution in [-0.2, 0) is 12.8 Å². The van der Waals surface area contributed by atoms with Crippen molar-refractivity contribution in [2.75, 3.05) is 0 Å². The van der Waals surface area contributed by atoms with Gasteiger partial charge in [-0.25, -0.2) is 0 Å². The summed E-state index contributed by atoms with van der Waals surface area (Å²) in [5.41, 5.74) is -1.25. The number of rotatable bonds is 16. The summed E-state index contributed by atoms with van der Waals surface area (Å²) in [7, 11) is 0. The van der Waals surface area contributed by atoms with Gasteiger partial charge in [-0.2, -0.15) is 36.9 Å². The van der Waals surface area contributed by atoms with Gasteiger partial charge in [0.1, 0.15) is 0 Å². The lowest BCUT2D eigenvalue weighted by molar-refractivity contribution is -0.254. The second-order valence-corrected chi connectivity index (χ2v) is 15.3. The van der Waals surface area contributed by atoms with E-state index in [-0.39, 0.29) is 24.0 Å². The van der Waals surface area contributed by atoms with Gasteiger partial charge in [0.05, 0.1) is 23.3 Å². The molecule has 0 spiro atoms. The summed E-state index contributed by atoms with van der Waals surface area (Å²) in [5, 5.41) is 18.5. The van der Waals surface area contributed by atoms with Crippen LogP contribution in [0.5, 0.6) is 0 Å². The summed E-state index contributed by atoms with van der Waals surface area (Å²) in [6, 6.07) is 19.6. The van der Waals surface area contributed by atoms with Gasteiger partial charge in [-0.15, -0.1) is 22.7 Å². The SMILES string of the molecule is CCCCCCCc1sc(-c2ccc(C#N)cc2)cc1C1=C(c2cc(-c3ccc(C#N)cc3)sc2CCCCCCC)C(F)(F)C(F)(F)C1(F)F. The lowest BCUT2D eigenvalue weighted by Gasteiger charge is -2.26. The average Bonchev–Trinajstić information content (AvgIpc) is 3.76. The maximum absolute atomic E-state index is 16.3. The predicted molar refractivity (Wildman–Crippen MR) is 196 cm³/mol. The number of allylic oxidation sites excluding steroid dienone is 2. The van der Waals surface area contributed by atoms with E-state index in [0.717, 1.165) is 74.0 Å². The Morgan fingerprint density at radius 1 is 0.529 bits per heavy atom. The van der Waals surface area contributed by atoms with Crippen LogP contribution in [0.15, 0.2) is 60.7 Å². The van der Waals surface area contributed by atoms with E-state index in [1.165, 1.54) is 12.1 Å². The molecule has 0 bridgehead atoms. The second-order valence-electron chi connectivity index (χ2n) is 13.1. The molecule has 10 heteroatoms. The van der Waals surface area contributed by atoms with E-state index >= 15 is 26.3 Å². The maximum atomic E-state index is 16.3. The Kier molecular flexibility index (Phi) is 12.2. The predicted octanol–water partition coefficient (Wildman–Crippen LogP) is 13.7. The van der Waals surface area contributed by atoms with Crippen molar-refractivity contribution in [2.24, 2.45) is 0 Å². The molecule has 0 unspecified atom stereocenters. The number of benzene rings is 2. The van der Waals surface area contributed by atoms with Gasteiger partial charge in [0.25, 0.3) is 0 Å². The van der Waals surface area contributed by atoms with E-state index < -0.39 is 28.9 Å². The first kappa shape index (κ1) is 38.4. The molecule has 2 heterocycles. The molecule has 4 aromatic rings. The minimum absolute atomic E-state index is 0.272. The van der Waals surface area contributed by atoms with E-state index in [1.807, 2.05) is 12.1 Å². The normalized spacial score (nSPS) is 16.0. The summed E-state index contributed by atoms with van der Waals surface area (Å²) >= 11 is 2.28. The Labute approximate surface area is 304 Å². The van der Waals surface area contributed by atoms with Crippen molar-refractivity contribution in [3.8, 4) is 33.0 Å². The molecule has 2 aromatic heterocycles. The monoisotopic (exact) mass is 738 g/mol. The Bertz CT molecular complexity index is 1780. The van der Waals surface area contributed by atoms with Crippen LogP contribution in [0, 0.1) is 22.7 Å². The average molecular weight is 739 g/mol. The number of thiophene rings is 2. The molecule has 2 aromatic carbocycles. The summed E-state index contributed by atoms with van der Waals surface area (Å²) in [5.74, 6) is -16.0. The Morgan fingerprint density at radius 3 is 1.22 bits per heavy atom. The van der Waals surface area contributed by atoms with E-state index in [1.54, 1.807) is 48.5 Å². The molecule has 0 atom stereocenters. The number of halogens is 6. The van der Waals surface area contributed by atoms with Gasteiger partial charge in [-0.3, -0.25) is 0 Å².